The Labute approximate surface area is 126 Å². The lowest BCUT2D eigenvalue weighted by atomic mass is 10.2. The van der Waals surface area contributed by atoms with E-state index in [2.05, 4.69) is 40.5 Å². The van der Waals surface area contributed by atoms with Crippen LogP contribution in [0.5, 0.6) is 5.75 Å². The highest BCUT2D eigenvalue weighted by atomic mass is 79.9. The Kier molecular flexibility index (Phi) is 4.96. The van der Waals surface area contributed by atoms with Gasteiger partial charge >= 0.3 is 0 Å². The van der Waals surface area contributed by atoms with Gasteiger partial charge in [-0.3, -0.25) is 0 Å². The van der Waals surface area contributed by atoms with Crippen molar-refractivity contribution in [1.29, 1.82) is 0 Å². The van der Waals surface area contributed by atoms with Crippen molar-refractivity contribution in [3.63, 3.8) is 0 Å². The lowest BCUT2D eigenvalue weighted by molar-refractivity contribution is 0.416. The maximum Gasteiger partial charge on any atom is 0.129 e. The number of methoxy groups -OCH3 is 1. The number of hydrogen-bond acceptors (Lipinski definition) is 4. The van der Waals surface area contributed by atoms with Gasteiger partial charge in [-0.15, -0.1) is 11.3 Å². The molecule has 5 heteroatoms. The number of aromatic nitrogens is 1. The van der Waals surface area contributed by atoms with Crippen LogP contribution >= 0.6 is 27.3 Å². The van der Waals surface area contributed by atoms with Crippen LogP contribution in [0.15, 0.2) is 28.1 Å². The molecule has 1 aromatic heterocycles. The van der Waals surface area contributed by atoms with E-state index in [9.17, 15) is 0 Å². The van der Waals surface area contributed by atoms with Crippen LogP contribution < -0.4 is 10.1 Å². The molecule has 1 aromatic carbocycles. The predicted molar refractivity (Wildman–Crippen MR) is 83.9 cm³/mol. The Hall–Kier alpha value is -0.910. The highest BCUT2D eigenvalue weighted by Crippen LogP contribution is 2.35. The van der Waals surface area contributed by atoms with Crippen LogP contribution in [0.4, 0.5) is 0 Å². The second-order valence-corrected chi connectivity index (χ2v) is 5.98. The Morgan fingerprint density at radius 3 is 2.95 bits per heavy atom. The van der Waals surface area contributed by atoms with E-state index >= 15 is 0 Å². The smallest absolute Gasteiger partial charge is 0.129 e. The van der Waals surface area contributed by atoms with Crippen LogP contribution in [0.1, 0.15) is 25.6 Å². The molecule has 1 N–H and O–H groups in total. The molecule has 102 valence electrons. The largest absolute Gasteiger partial charge is 0.496 e. The van der Waals surface area contributed by atoms with Gasteiger partial charge in [0.05, 0.1) is 18.4 Å². The van der Waals surface area contributed by atoms with Gasteiger partial charge in [-0.25, -0.2) is 4.98 Å². The molecule has 0 aliphatic heterocycles. The fraction of sp³-hybridized carbons (Fsp3) is 0.357. The van der Waals surface area contributed by atoms with Crippen molar-refractivity contribution >= 4 is 27.3 Å². The van der Waals surface area contributed by atoms with Crippen LogP contribution in [0.25, 0.3) is 10.6 Å². The zero-order valence-electron chi connectivity index (χ0n) is 11.2. The van der Waals surface area contributed by atoms with Crippen molar-refractivity contribution in [2.75, 3.05) is 13.7 Å². The summed E-state index contributed by atoms with van der Waals surface area (Å²) >= 11 is 5.14. The number of ether oxygens (including phenoxy) is 1. The topological polar surface area (TPSA) is 34.1 Å². The first-order valence-corrected chi connectivity index (χ1v) is 7.85. The molecule has 0 amide bonds. The molecule has 0 aliphatic rings. The first-order valence-electron chi connectivity index (χ1n) is 6.18. The van der Waals surface area contributed by atoms with Gasteiger partial charge in [0, 0.05) is 15.9 Å². The van der Waals surface area contributed by atoms with Gasteiger partial charge in [-0.05, 0) is 31.7 Å². The van der Waals surface area contributed by atoms with Crippen LogP contribution in [0.2, 0.25) is 0 Å². The van der Waals surface area contributed by atoms with Crippen molar-refractivity contribution in [2.45, 2.75) is 19.9 Å². The van der Waals surface area contributed by atoms with E-state index < -0.39 is 0 Å². The number of benzene rings is 1. The summed E-state index contributed by atoms with van der Waals surface area (Å²) in [5.41, 5.74) is 2.10. The second-order valence-electron chi connectivity index (χ2n) is 4.20. The van der Waals surface area contributed by atoms with Gasteiger partial charge < -0.3 is 10.1 Å². The minimum Gasteiger partial charge on any atom is -0.496 e. The molecule has 0 bridgehead atoms. The summed E-state index contributed by atoms with van der Waals surface area (Å²) in [7, 11) is 1.68. The molecule has 0 aliphatic carbocycles. The maximum atomic E-state index is 5.40. The Bertz CT molecular complexity index is 556. The van der Waals surface area contributed by atoms with Crippen molar-refractivity contribution in [2.24, 2.45) is 0 Å². The SMILES string of the molecule is CCNC(C)c1csc(-c2cc(Br)ccc2OC)n1. The molecule has 1 unspecified atom stereocenters. The first kappa shape index (κ1) is 14.5. The number of thiazole rings is 1. The highest BCUT2D eigenvalue weighted by molar-refractivity contribution is 9.10. The molecule has 0 radical (unpaired) electrons. The van der Waals surface area contributed by atoms with Crippen molar-refractivity contribution < 1.29 is 4.74 Å². The number of rotatable bonds is 5. The summed E-state index contributed by atoms with van der Waals surface area (Å²) in [6.07, 6.45) is 0. The molecule has 0 spiro atoms. The minimum atomic E-state index is 0.271. The summed E-state index contributed by atoms with van der Waals surface area (Å²) in [6.45, 7) is 5.16. The van der Waals surface area contributed by atoms with Gasteiger partial charge in [-0.1, -0.05) is 22.9 Å². The molecular weight excluding hydrogens is 324 g/mol. The maximum absolute atomic E-state index is 5.40. The normalized spacial score (nSPS) is 12.4. The lowest BCUT2D eigenvalue weighted by Crippen LogP contribution is -2.17. The van der Waals surface area contributed by atoms with E-state index in [1.165, 1.54) is 0 Å². The van der Waals surface area contributed by atoms with Gasteiger partial charge in [0.25, 0.3) is 0 Å². The van der Waals surface area contributed by atoms with E-state index in [0.717, 1.165) is 33.0 Å². The zero-order valence-corrected chi connectivity index (χ0v) is 13.6. The minimum absolute atomic E-state index is 0.271. The van der Waals surface area contributed by atoms with E-state index in [1.807, 2.05) is 18.2 Å². The Balaban J connectivity index is 2.34. The lowest BCUT2D eigenvalue weighted by Gasteiger charge is -2.09. The molecule has 2 aromatic rings. The third kappa shape index (κ3) is 3.35. The van der Waals surface area contributed by atoms with Gasteiger partial charge in [-0.2, -0.15) is 0 Å². The first-order chi connectivity index (χ1) is 9.15. The fourth-order valence-electron chi connectivity index (χ4n) is 1.87. The molecular formula is C14H17BrN2OS. The van der Waals surface area contributed by atoms with E-state index in [1.54, 1.807) is 18.4 Å². The molecule has 3 nitrogen and oxygen atoms in total. The van der Waals surface area contributed by atoms with Crippen molar-refractivity contribution in [1.82, 2.24) is 10.3 Å². The molecule has 1 atom stereocenters. The quantitative estimate of drug-likeness (QED) is 0.883. The Morgan fingerprint density at radius 1 is 1.47 bits per heavy atom. The molecule has 0 fully saturated rings. The van der Waals surface area contributed by atoms with E-state index in [4.69, 9.17) is 9.72 Å². The molecule has 2 rings (SSSR count). The number of nitrogens with zero attached hydrogens (tertiary/aromatic N) is 1. The summed E-state index contributed by atoms with van der Waals surface area (Å²) in [5, 5.41) is 6.45. The molecule has 0 saturated carbocycles. The number of hydrogen-bond donors (Lipinski definition) is 1. The summed E-state index contributed by atoms with van der Waals surface area (Å²) in [5.74, 6) is 0.847. The molecule has 1 heterocycles. The van der Waals surface area contributed by atoms with Crippen molar-refractivity contribution in [3.8, 4) is 16.3 Å². The van der Waals surface area contributed by atoms with E-state index in [-0.39, 0.29) is 6.04 Å². The third-order valence-electron chi connectivity index (χ3n) is 2.87. The van der Waals surface area contributed by atoms with Gasteiger partial charge in [0.15, 0.2) is 0 Å². The third-order valence-corrected chi connectivity index (χ3v) is 4.25. The average Bonchev–Trinajstić information content (AvgIpc) is 2.88. The van der Waals surface area contributed by atoms with Gasteiger partial charge in [0.2, 0.25) is 0 Å². The second kappa shape index (κ2) is 6.50. The zero-order chi connectivity index (χ0) is 13.8. The predicted octanol–water partition coefficient (Wildman–Crippen LogP) is 4.25. The highest BCUT2D eigenvalue weighted by Gasteiger charge is 2.13. The standard InChI is InChI=1S/C14H17BrN2OS/c1-4-16-9(2)12-8-19-14(17-12)11-7-10(15)5-6-13(11)18-3/h5-9,16H,4H2,1-3H3. The molecule has 0 saturated heterocycles. The van der Waals surface area contributed by atoms with Crippen molar-refractivity contribution in [3.05, 3.63) is 33.7 Å². The summed E-state index contributed by atoms with van der Waals surface area (Å²) in [6, 6.07) is 6.24. The van der Waals surface area contributed by atoms with Crippen LogP contribution in [-0.2, 0) is 0 Å². The van der Waals surface area contributed by atoms with Crippen LogP contribution in [0, 0.1) is 0 Å². The summed E-state index contributed by atoms with van der Waals surface area (Å²) < 4.78 is 6.43. The molecule has 19 heavy (non-hydrogen) atoms. The van der Waals surface area contributed by atoms with Crippen LogP contribution in [-0.4, -0.2) is 18.6 Å². The monoisotopic (exact) mass is 340 g/mol. The van der Waals surface area contributed by atoms with Gasteiger partial charge in [0.1, 0.15) is 10.8 Å². The number of halogens is 1. The average molecular weight is 341 g/mol. The van der Waals surface area contributed by atoms with E-state index in [0.29, 0.717) is 0 Å². The van der Waals surface area contributed by atoms with Crippen LogP contribution in [0.3, 0.4) is 0 Å². The fourth-order valence-corrected chi connectivity index (χ4v) is 3.16. The summed E-state index contributed by atoms with van der Waals surface area (Å²) in [4.78, 5) is 4.70. The number of nitrogens with one attached hydrogen (secondary N) is 1. The Morgan fingerprint density at radius 2 is 2.26 bits per heavy atom.